The fourth-order valence-corrected chi connectivity index (χ4v) is 25.5. The van der Waals surface area contributed by atoms with Crippen LogP contribution in [0.5, 0.6) is 0 Å². The molecule has 0 heterocycles. The molecule has 7 atom stereocenters. The van der Waals surface area contributed by atoms with Crippen molar-refractivity contribution in [2.45, 2.75) is 156 Å². The van der Waals surface area contributed by atoms with Crippen LogP contribution in [0.25, 0.3) is 0 Å². The summed E-state index contributed by atoms with van der Waals surface area (Å²) in [5.74, 6) is -10.1. The Hall–Kier alpha value is -0.660. The third-order valence-electron chi connectivity index (χ3n) is 16.3. The van der Waals surface area contributed by atoms with E-state index in [0.717, 1.165) is 25.7 Å². The zero-order valence-electron chi connectivity index (χ0n) is 32.9. The minimum absolute atomic E-state index is 0.0104. The molecule has 0 saturated heterocycles. The predicted octanol–water partition coefficient (Wildman–Crippen LogP) is 8.11. The van der Waals surface area contributed by atoms with E-state index < -0.39 is 87.4 Å². The van der Waals surface area contributed by atoms with E-state index in [1.807, 2.05) is 6.92 Å². The van der Waals surface area contributed by atoms with Gasteiger partial charge in [0.05, 0.1) is 17.1 Å². The highest BCUT2D eigenvalue weighted by Gasteiger charge is 2.87. The van der Waals surface area contributed by atoms with E-state index in [9.17, 15) is 33.7 Å². The molecule has 0 aromatic heterocycles. The molecule has 9 saturated carbocycles. The molecular weight excluding hydrogens is 843 g/mol. The van der Waals surface area contributed by atoms with Gasteiger partial charge in [-0.05, 0) is 173 Å². The topological polar surface area (TPSA) is 146 Å². The Bertz CT molecular complexity index is 2090. The highest BCUT2D eigenvalue weighted by molar-refractivity contribution is 8.26. The van der Waals surface area contributed by atoms with Crippen LogP contribution in [0, 0.1) is 63.6 Å². The Labute approximate surface area is 333 Å². The minimum Gasteiger partial charge on any atom is -0.259 e. The lowest BCUT2D eigenvalue weighted by Crippen LogP contribution is -2.68. The van der Waals surface area contributed by atoms with Crippen LogP contribution in [0.4, 0.5) is 26.3 Å². The average Bonchev–Trinajstić information content (AvgIpc) is 3.55. The molecule has 0 radical (unpaired) electrons. The van der Waals surface area contributed by atoms with Crippen LogP contribution in [0.3, 0.4) is 0 Å². The van der Waals surface area contributed by atoms with Gasteiger partial charge in [-0.15, -0.1) is 0 Å². The fourth-order valence-electron chi connectivity index (χ4n) is 14.9. The Balaban J connectivity index is 1.18. The van der Waals surface area contributed by atoms with Crippen LogP contribution in [-0.2, 0) is 43.8 Å². The zero-order valence-corrected chi connectivity index (χ0v) is 36.2. The van der Waals surface area contributed by atoms with E-state index in [4.69, 9.17) is 4.18 Å². The predicted molar refractivity (Wildman–Crippen MR) is 199 cm³/mol. The molecule has 0 aliphatic heterocycles. The molecule has 9 fully saturated rings. The molecule has 19 heteroatoms. The van der Waals surface area contributed by atoms with Gasteiger partial charge in [0.15, 0.2) is 19.7 Å². The van der Waals surface area contributed by atoms with Gasteiger partial charge in [-0.25, -0.2) is 25.3 Å². The second-order valence-electron chi connectivity index (χ2n) is 21.7. The SMILES string of the molecule is CC1CC2CC(C1)CC(C)(CS(=O)(=O)C(C)(S(=O)(=O)CC1(C)CC3CC4CC4(C3)C1)S(=O)(=O)C(F)(F)C(F)(F)C(F)(F)S(=O)(=O)OC13CC4CC(CC(C4)C1)C3)C2. The number of hydrogen-bond donors (Lipinski definition) is 0. The van der Waals surface area contributed by atoms with Gasteiger partial charge < -0.3 is 0 Å². The third-order valence-corrected chi connectivity index (χ3v) is 28.4. The van der Waals surface area contributed by atoms with Crippen molar-refractivity contribution in [3.63, 3.8) is 0 Å². The lowest BCUT2D eigenvalue weighted by Gasteiger charge is -2.55. The van der Waals surface area contributed by atoms with Crippen LogP contribution < -0.4 is 0 Å². The molecule has 8 bridgehead atoms. The molecule has 9 nitrogen and oxygen atoms in total. The van der Waals surface area contributed by atoms with Crippen molar-refractivity contribution in [2.24, 2.45) is 63.6 Å². The Morgan fingerprint density at radius 3 is 1.47 bits per heavy atom. The summed E-state index contributed by atoms with van der Waals surface area (Å²) in [5, 5.41) is -14.2. The molecule has 328 valence electrons. The normalized spacial score (nSPS) is 44.4. The molecule has 9 aliphatic rings. The second kappa shape index (κ2) is 12.5. The van der Waals surface area contributed by atoms with E-state index in [2.05, 4.69) is 0 Å². The number of halogens is 6. The van der Waals surface area contributed by atoms with Gasteiger partial charge in [0, 0.05) is 0 Å². The van der Waals surface area contributed by atoms with E-state index in [-0.39, 0.29) is 105 Å². The van der Waals surface area contributed by atoms with Crippen molar-refractivity contribution in [1.29, 1.82) is 0 Å². The smallest absolute Gasteiger partial charge is 0.259 e. The standard InChI is InChI=1S/C38H56F6O9S4/c1-23-5-24-7-25(6-23)13-31(2,12-24)21-54(45,46)33(4,55(47,48)22-32(3)14-29-11-30-19-34(30,15-29)20-32)56(49,50)37(41,42)36(39,40)38(43,44)57(51,52)53-35-16-26-8-27(17-35)10-28(9-26)18-35/h23-30H,5-22H2,1-4H3. The lowest BCUT2D eigenvalue weighted by molar-refractivity contribution is -0.248. The summed E-state index contributed by atoms with van der Waals surface area (Å²) < 4.78 is 211. The largest absolute Gasteiger partial charge is 0.439 e. The summed E-state index contributed by atoms with van der Waals surface area (Å²) >= 11 is 0. The van der Waals surface area contributed by atoms with E-state index in [0.29, 0.717) is 32.1 Å². The van der Waals surface area contributed by atoms with Crippen LogP contribution in [0.15, 0.2) is 0 Å². The summed E-state index contributed by atoms with van der Waals surface area (Å²) in [5.41, 5.74) is -4.89. The summed E-state index contributed by atoms with van der Waals surface area (Å²) in [7, 11) is -26.9. The maximum atomic E-state index is 16.6. The highest BCUT2D eigenvalue weighted by atomic mass is 32.3. The van der Waals surface area contributed by atoms with Crippen LogP contribution in [-0.4, -0.2) is 70.6 Å². The molecule has 9 aliphatic carbocycles. The van der Waals surface area contributed by atoms with Gasteiger partial charge in [-0.3, -0.25) is 4.18 Å². The van der Waals surface area contributed by atoms with Crippen LogP contribution in [0.1, 0.15) is 130 Å². The number of hydrogen-bond acceptors (Lipinski definition) is 9. The number of alkyl halides is 6. The van der Waals surface area contributed by atoms with Crippen molar-refractivity contribution in [3.8, 4) is 0 Å². The summed E-state index contributed by atoms with van der Waals surface area (Å²) in [6.45, 7) is 4.85. The summed E-state index contributed by atoms with van der Waals surface area (Å²) in [6.07, 6.45) is 6.60. The number of rotatable bonds is 13. The van der Waals surface area contributed by atoms with Crippen molar-refractivity contribution in [2.75, 3.05) is 11.5 Å². The molecule has 7 unspecified atom stereocenters. The maximum absolute atomic E-state index is 16.6. The molecule has 57 heavy (non-hydrogen) atoms. The Kier molecular flexibility index (Phi) is 9.43. The first kappa shape index (κ1) is 43.0. The monoisotopic (exact) mass is 898 g/mol. The Morgan fingerprint density at radius 2 is 1.00 bits per heavy atom. The minimum atomic E-state index is -7.83. The van der Waals surface area contributed by atoms with Gasteiger partial charge in [0.1, 0.15) is 0 Å². The van der Waals surface area contributed by atoms with Gasteiger partial charge in [-0.2, -0.15) is 34.8 Å². The van der Waals surface area contributed by atoms with Crippen molar-refractivity contribution in [1.82, 2.24) is 0 Å². The van der Waals surface area contributed by atoms with E-state index in [1.165, 1.54) is 13.8 Å². The van der Waals surface area contributed by atoms with Crippen LogP contribution >= 0.6 is 0 Å². The van der Waals surface area contributed by atoms with E-state index >= 15 is 26.3 Å². The molecule has 0 aromatic carbocycles. The molecular formula is C38H56F6O9S4. The lowest BCUT2D eigenvalue weighted by atomic mass is 9.54. The number of sulfone groups is 3. The van der Waals surface area contributed by atoms with Crippen molar-refractivity contribution >= 4 is 39.6 Å². The Morgan fingerprint density at radius 1 is 0.561 bits per heavy atom. The first-order chi connectivity index (χ1) is 25.8. The summed E-state index contributed by atoms with van der Waals surface area (Å²) in [4.78, 5) is 0. The van der Waals surface area contributed by atoms with Gasteiger partial charge >= 0.3 is 26.5 Å². The molecule has 0 N–H and O–H groups in total. The molecule has 0 amide bonds. The quantitative estimate of drug-likeness (QED) is 0.132. The van der Waals surface area contributed by atoms with Gasteiger partial charge in [0.2, 0.25) is 0 Å². The highest BCUT2D eigenvalue weighted by Crippen LogP contribution is 2.74. The maximum Gasteiger partial charge on any atom is 0.439 e. The molecule has 0 aromatic rings. The van der Waals surface area contributed by atoms with Crippen molar-refractivity contribution < 1.29 is 64.2 Å². The first-order valence-electron chi connectivity index (χ1n) is 20.5. The van der Waals surface area contributed by atoms with E-state index in [1.54, 1.807) is 0 Å². The molecule has 1 spiro atoms. The van der Waals surface area contributed by atoms with Crippen LogP contribution in [0.2, 0.25) is 0 Å². The number of fused-ring (bicyclic) bond motifs is 3. The third kappa shape index (κ3) is 6.28. The fraction of sp³-hybridized carbons (Fsp3) is 1.00. The average molecular weight is 899 g/mol. The second-order valence-corrected chi connectivity index (χ2v) is 31.0. The van der Waals surface area contributed by atoms with Gasteiger partial charge in [-0.1, -0.05) is 20.8 Å². The van der Waals surface area contributed by atoms with Gasteiger partial charge in [0.25, 0.3) is 13.2 Å². The first-order valence-corrected chi connectivity index (χ1v) is 26.7. The van der Waals surface area contributed by atoms with Crippen molar-refractivity contribution in [3.05, 3.63) is 0 Å². The summed E-state index contributed by atoms with van der Waals surface area (Å²) in [6, 6.07) is 0. The molecule has 9 rings (SSSR count). The zero-order chi connectivity index (χ0) is 42.1.